The van der Waals surface area contributed by atoms with E-state index in [1.807, 2.05) is 13.8 Å². The standard InChI is InChI=1S/C23H28O9/c1-11(2)21(26)30-17-8-12(3)7-15(29-14(5)25)9-23(6)20(32-23)19-18(17)16(22(27)31-19)10-28-13(4)24/h7,15,17,19-20H,1,8-10H2,2-6H3/b12-7+/t15-,17-,19-,20+,23+/m0/s1. The summed E-state index contributed by atoms with van der Waals surface area (Å²) in [7, 11) is 0. The molecule has 2 heterocycles. The van der Waals surface area contributed by atoms with Crippen LogP contribution in [0.1, 0.15) is 47.5 Å². The van der Waals surface area contributed by atoms with Crippen LogP contribution in [0.3, 0.4) is 0 Å². The van der Waals surface area contributed by atoms with Gasteiger partial charge in [0.25, 0.3) is 0 Å². The molecule has 0 unspecified atom stereocenters. The fourth-order valence-electron chi connectivity index (χ4n) is 4.13. The highest BCUT2D eigenvalue weighted by Crippen LogP contribution is 2.49. The summed E-state index contributed by atoms with van der Waals surface area (Å²) in [6.45, 7) is 11.0. The molecule has 0 aromatic heterocycles. The molecule has 0 bridgehead atoms. The Kier molecular flexibility index (Phi) is 6.59. The third-order valence-corrected chi connectivity index (χ3v) is 5.62. The number of ether oxygens (including phenoxy) is 5. The van der Waals surface area contributed by atoms with Crippen LogP contribution in [0.5, 0.6) is 0 Å². The van der Waals surface area contributed by atoms with Gasteiger partial charge < -0.3 is 23.7 Å². The molecule has 3 rings (SSSR count). The van der Waals surface area contributed by atoms with Gasteiger partial charge in [-0.3, -0.25) is 9.59 Å². The first kappa shape index (κ1) is 23.7. The summed E-state index contributed by atoms with van der Waals surface area (Å²) in [4.78, 5) is 48.1. The fourth-order valence-corrected chi connectivity index (χ4v) is 4.13. The molecule has 5 atom stereocenters. The van der Waals surface area contributed by atoms with Crippen LogP contribution in [0, 0.1) is 0 Å². The molecule has 3 aliphatic rings. The average Bonchev–Trinajstić information content (AvgIpc) is 3.19. The van der Waals surface area contributed by atoms with Gasteiger partial charge in [0.15, 0.2) is 6.10 Å². The summed E-state index contributed by atoms with van der Waals surface area (Å²) in [5.74, 6) is -2.28. The Bertz CT molecular complexity index is 928. The molecule has 174 valence electrons. The van der Waals surface area contributed by atoms with Crippen molar-refractivity contribution in [2.75, 3.05) is 6.61 Å². The van der Waals surface area contributed by atoms with Crippen molar-refractivity contribution in [2.45, 2.75) is 77.5 Å². The maximum Gasteiger partial charge on any atom is 0.338 e. The second kappa shape index (κ2) is 8.90. The van der Waals surface area contributed by atoms with Gasteiger partial charge in [-0.15, -0.1) is 0 Å². The zero-order chi connectivity index (χ0) is 23.8. The van der Waals surface area contributed by atoms with Crippen molar-refractivity contribution >= 4 is 23.9 Å². The largest absolute Gasteiger partial charge is 0.461 e. The van der Waals surface area contributed by atoms with Crippen molar-refractivity contribution in [1.29, 1.82) is 0 Å². The lowest BCUT2D eigenvalue weighted by molar-refractivity contribution is -0.145. The van der Waals surface area contributed by atoms with Crippen molar-refractivity contribution < 1.29 is 42.9 Å². The lowest BCUT2D eigenvalue weighted by Crippen LogP contribution is -2.35. The summed E-state index contributed by atoms with van der Waals surface area (Å²) in [5.41, 5.74) is 0.782. The second-order valence-corrected chi connectivity index (χ2v) is 8.63. The van der Waals surface area contributed by atoms with Crippen LogP contribution in [-0.4, -0.2) is 60.5 Å². The van der Waals surface area contributed by atoms with Crippen molar-refractivity contribution in [3.05, 3.63) is 34.9 Å². The van der Waals surface area contributed by atoms with E-state index in [0.717, 1.165) is 5.57 Å². The molecule has 0 aromatic carbocycles. The minimum atomic E-state index is -0.887. The lowest BCUT2D eigenvalue weighted by atomic mass is 9.86. The van der Waals surface area contributed by atoms with Crippen LogP contribution >= 0.6 is 0 Å². The quantitative estimate of drug-likeness (QED) is 0.205. The third kappa shape index (κ3) is 5.09. The third-order valence-electron chi connectivity index (χ3n) is 5.62. The molecule has 0 radical (unpaired) electrons. The van der Waals surface area contributed by atoms with Gasteiger partial charge in [0.1, 0.15) is 30.5 Å². The van der Waals surface area contributed by atoms with Crippen LogP contribution in [0.15, 0.2) is 34.9 Å². The van der Waals surface area contributed by atoms with E-state index in [2.05, 4.69) is 6.58 Å². The highest BCUT2D eigenvalue weighted by atomic mass is 16.7. The van der Waals surface area contributed by atoms with E-state index in [0.29, 0.717) is 12.0 Å². The molecule has 0 amide bonds. The van der Waals surface area contributed by atoms with Gasteiger partial charge in [0, 0.05) is 37.8 Å². The van der Waals surface area contributed by atoms with E-state index in [9.17, 15) is 19.2 Å². The van der Waals surface area contributed by atoms with Crippen molar-refractivity contribution in [2.24, 2.45) is 0 Å². The number of hydrogen-bond donors (Lipinski definition) is 0. The molecule has 0 saturated carbocycles. The minimum absolute atomic E-state index is 0.132. The van der Waals surface area contributed by atoms with Crippen LogP contribution in [0.2, 0.25) is 0 Å². The van der Waals surface area contributed by atoms with Gasteiger partial charge in [0.05, 0.1) is 5.57 Å². The van der Waals surface area contributed by atoms with E-state index < -0.39 is 53.9 Å². The summed E-state index contributed by atoms with van der Waals surface area (Å²) < 4.78 is 27.7. The summed E-state index contributed by atoms with van der Waals surface area (Å²) >= 11 is 0. The van der Waals surface area contributed by atoms with E-state index in [1.165, 1.54) is 20.8 Å². The maximum absolute atomic E-state index is 12.7. The van der Waals surface area contributed by atoms with Gasteiger partial charge in [-0.1, -0.05) is 12.2 Å². The van der Waals surface area contributed by atoms with Gasteiger partial charge in [-0.25, -0.2) is 9.59 Å². The molecule has 1 saturated heterocycles. The van der Waals surface area contributed by atoms with E-state index in [1.54, 1.807) is 6.08 Å². The number of epoxide rings is 1. The predicted octanol–water partition coefficient (Wildman–Crippen LogP) is 2.09. The van der Waals surface area contributed by atoms with E-state index in [4.69, 9.17) is 23.7 Å². The summed E-state index contributed by atoms with van der Waals surface area (Å²) in [5, 5.41) is 0. The molecule has 9 heteroatoms. The summed E-state index contributed by atoms with van der Waals surface area (Å²) in [6, 6.07) is 0. The van der Waals surface area contributed by atoms with Gasteiger partial charge in [0.2, 0.25) is 0 Å². The molecule has 1 fully saturated rings. The van der Waals surface area contributed by atoms with Crippen molar-refractivity contribution in [1.82, 2.24) is 0 Å². The highest BCUT2D eigenvalue weighted by Gasteiger charge is 2.62. The second-order valence-electron chi connectivity index (χ2n) is 8.63. The zero-order valence-corrected chi connectivity index (χ0v) is 18.9. The fraction of sp³-hybridized carbons (Fsp3) is 0.565. The Balaban J connectivity index is 2.07. The molecule has 1 aliphatic carbocycles. The van der Waals surface area contributed by atoms with Crippen LogP contribution in [0.4, 0.5) is 0 Å². The lowest BCUT2D eigenvalue weighted by Gasteiger charge is -2.26. The number of fused-ring (bicyclic) bond motifs is 3. The highest BCUT2D eigenvalue weighted by molar-refractivity contribution is 5.94. The normalized spacial score (nSPS) is 33.0. The SMILES string of the molecule is C=C(C)C(=O)O[C@H]1C/C(C)=C/[C@H](OC(C)=O)C[C@@]2(C)O[C@@H]2[C@H]2OC(=O)C(COC(C)=O)=C12. The Morgan fingerprint density at radius 3 is 2.47 bits per heavy atom. The smallest absolute Gasteiger partial charge is 0.338 e. The Hall–Kier alpha value is -2.94. The van der Waals surface area contributed by atoms with Crippen molar-refractivity contribution in [3.8, 4) is 0 Å². The monoisotopic (exact) mass is 448 g/mol. The first-order valence-electron chi connectivity index (χ1n) is 10.4. The molecule has 32 heavy (non-hydrogen) atoms. The van der Waals surface area contributed by atoms with Gasteiger partial charge in [-0.2, -0.15) is 0 Å². The molecule has 0 spiro atoms. The number of carbonyl (C=O) groups is 4. The minimum Gasteiger partial charge on any atom is -0.461 e. The van der Waals surface area contributed by atoms with Crippen LogP contribution in [-0.2, 0) is 42.9 Å². The number of carbonyl (C=O) groups excluding carboxylic acids is 4. The molecular formula is C23H28O9. The number of esters is 4. The molecule has 0 aromatic rings. The number of rotatable bonds is 5. The maximum atomic E-state index is 12.7. The van der Waals surface area contributed by atoms with Crippen molar-refractivity contribution in [3.63, 3.8) is 0 Å². The molecule has 2 aliphatic heterocycles. The predicted molar refractivity (Wildman–Crippen MR) is 110 cm³/mol. The first-order valence-corrected chi connectivity index (χ1v) is 10.4. The van der Waals surface area contributed by atoms with Gasteiger partial charge >= 0.3 is 23.9 Å². The Morgan fingerprint density at radius 2 is 1.88 bits per heavy atom. The van der Waals surface area contributed by atoms with Gasteiger partial charge in [-0.05, 0) is 26.8 Å². The van der Waals surface area contributed by atoms with E-state index in [-0.39, 0.29) is 24.2 Å². The van der Waals surface area contributed by atoms with E-state index >= 15 is 0 Å². The number of hydrogen-bond acceptors (Lipinski definition) is 9. The zero-order valence-electron chi connectivity index (χ0n) is 18.9. The van der Waals surface area contributed by atoms with Crippen LogP contribution < -0.4 is 0 Å². The van der Waals surface area contributed by atoms with Crippen LogP contribution in [0.25, 0.3) is 0 Å². The Morgan fingerprint density at radius 1 is 1.19 bits per heavy atom. The topological polar surface area (TPSA) is 118 Å². The average molecular weight is 448 g/mol. The Labute approximate surface area is 186 Å². The first-order chi connectivity index (χ1) is 14.9. The molecule has 0 N–H and O–H groups in total. The molecular weight excluding hydrogens is 420 g/mol. The molecule has 9 nitrogen and oxygen atoms in total. The summed E-state index contributed by atoms with van der Waals surface area (Å²) in [6.07, 6.45) is -0.434.